The third-order valence-corrected chi connectivity index (χ3v) is 6.44. The molecule has 1 heterocycles. The van der Waals surface area contributed by atoms with E-state index in [4.69, 9.17) is 10.5 Å². The van der Waals surface area contributed by atoms with E-state index in [1.165, 1.54) is 36.3 Å². The van der Waals surface area contributed by atoms with Crippen LogP contribution in [0.4, 0.5) is 20.2 Å². The summed E-state index contributed by atoms with van der Waals surface area (Å²) in [7, 11) is 0. The van der Waals surface area contributed by atoms with Gasteiger partial charge in [-0.3, -0.25) is 14.5 Å². The Morgan fingerprint density at radius 2 is 2.06 bits per heavy atom. The number of morpholine rings is 1. The number of hydrogen-bond donors (Lipinski definition) is 2. The van der Waals surface area contributed by atoms with Gasteiger partial charge in [0.2, 0.25) is 5.91 Å². The number of halogens is 2. The van der Waals surface area contributed by atoms with Gasteiger partial charge in [0, 0.05) is 36.9 Å². The van der Waals surface area contributed by atoms with Crippen LogP contribution >= 0.6 is 0 Å². The standard InChI is InChI=1S/C22H30F2N4O3/c23-21(24)17-10-15(4-7-18(17)27-8-9-31-13-20(27)29)26-22(30)19(11-25)28(16-5-6-16)12-14-2-1-3-14/h4,7,10,14,16,19,21H,1-3,5-6,8-9,11-13,25H2,(H,26,30)/t19-/m0/s1. The lowest BCUT2D eigenvalue weighted by molar-refractivity contribution is -0.125. The Bertz CT molecular complexity index is 814. The minimum atomic E-state index is -2.78. The summed E-state index contributed by atoms with van der Waals surface area (Å²) in [5.41, 5.74) is 6.11. The molecule has 1 aliphatic heterocycles. The SMILES string of the molecule is NC[C@@H](C(=O)Nc1ccc(N2CCOCC2=O)c(C(F)F)c1)N(CC1CCC1)C1CC1. The molecule has 3 fully saturated rings. The quantitative estimate of drug-likeness (QED) is 0.621. The molecule has 0 radical (unpaired) electrons. The van der Waals surface area contributed by atoms with Gasteiger partial charge in [-0.2, -0.15) is 0 Å². The maximum absolute atomic E-state index is 13.8. The van der Waals surface area contributed by atoms with Crippen molar-refractivity contribution in [3.8, 4) is 0 Å². The van der Waals surface area contributed by atoms with Crippen LogP contribution in [0.3, 0.4) is 0 Å². The number of hydrogen-bond acceptors (Lipinski definition) is 5. The minimum Gasteiger partial charge on any atom is -0.370 e. The molecule has 3 aliphatic rings. The highest BCUT2D eigenvalue weighted by Gasteiger charge is 2.38. The molecule has 170 valence electrons. The summed E-state index contributed by atoms with van der Waals surface area (Å²) in [4.78, 5) is 28.6. The Morgan fingerprint density at radius 1 is 1.29 bits per heavy atom. The number of nitrogens with one attached hydrogen (secondary N) is 1. The van der Waals surface area contributed by atoms with Gasteiger partial charge in [-0.15, -0.1) is 0 Å². The second kappa shape index (κ2) is 9.58. The number of rotatable bonds is 9. The predicted octanol–water partition coefficient (Wildman–Crippen LogP) is 2.52. The van der Waals surface area contributed by atoms with E-state index in [-0.39, 0.29) is 48.4 Å². The topological polar surface area (TPSA) is 87.9 Å². The molecule has 0 aromatic heterocycles. The number of anilines is 2. The van der Waals surface area contributed by atoms with E-state index < -0.39 is 12.5 Å². The molecule has 2 saturated carbocycles. The van der Waals surface area contributed by atoms with Crippen LogP contribution in [0.5, 0.6) is 0 Å². The summed E-state index contributed by atoms with van der Waals surface area (Å²) in [6.07, 6.45) is 2.94. The fraction of sp³-hybridized carbons (Fsp3) is 0.636. The molecule has 0 spiro atoms. The molecular weight excluding hydrogens is 406 g/mol. The van der Waals surface area contributed by atoms with E-state index in [2.05, 4.69) is 10.2 Å². The van der Waals surface area contributed by atoms with Crippen LogP contribution in [-0.2, 0) is 14.3 Å². The van der Waals surface area contributed by atoms with Gasteiger partial charge in [0.25, 0.3) is 12.3 Å². The summed E-state index contributed by atoms with van der Waals surface area (Å²) in [6, 6.07) is 4.17. The molecule has 3 N–H and O–H groups in total. The molecule has 1 aromatic rings. The Labute approximate surface area is 180 Å². The number of nitrogens with two attached hydrogens (primary N) is 1. The summed E-state index contributed by atoms with van der Waals surface area (Å²) < 4.78 is 32.6. The van der Waals surface area contributed by atoms with Crippen LogP contribution in [0.1, 0.15) is 44.1 Å². The van der Waals surface area contributed by atoms with E-state index in [9.17, 15) is 18.4 Å². The Kier molecular flexibility index (Phi) is 6.83. The van der Waals surface area contributed by atoms with Crippen molar-refractivity contribution >= 4 is 23.2 Å². The summed E-state index contributed by atoms with van der Waals surface area (Å²) >= 11 is 0. The number of alkyl halides is 2. The van der Waals surface area contributed by atoms with Gasteiger partial charge in [-0.1, -0.05) is 6.42 Å². The van der Waals surface area contributed by atoms with Crippen molar-refractivity contribution in [3.05, 3.63) is 23.8 Å². The van der Waals surface area contributed by atoms with Crippen molar-refractivity contribution in [1.82, 2.24) is 4.90 Å². The van der Waals surface area contributed by atoms with Crippen molar-refractivity contribution < 1.29 is 23.1 Å². The monoisotopic (exact) mass is 436 g/mol. The van der Waals surface area contributed by atoms with Gasteiger partial charge >= 0.3 is 0 Å². The van der Waals surface area contributed by atoms with Crippen molar-refractivity contribution in [2.24, 2.45) is 11.7 Å². The lowest BCUT2D eigenvalue weighted by Gasteiger charge is -2.36. The number of ether oxygens (including phenoxy) is 1. The van der Waals surface area contributed by atoms with Gasteiger partial charge in [-0.25, -0.2) is 8.78 Å². The molecule has 31 heavy (non-hydrogen) atoms. The molecular formula is C22H30F2N4O3. The second-order valence-electron chi connectivity index (χ2n) is 8.64. The first-order chi connectivity index (χ1) is 15.0. The van der Waals surface area contributed by atoms with E-state index >= 15 is 0 Å². The zero-order chi connectivity index (χ0) is 22.0. The molecule has 1 aromatic carbocycles. The first kappa shape index (κ1) is 22.1. The maximum Gasteiger partial charge on any atom is 0.265 e. The fourth-order valence-electron chi connectivity index (χ4n) is 4.35. The lowest BCUT2D eigenvalue weighted by Crippen LogP contribution is -2.51. The van der Waals surface area contributed by atoms with E-state index in [0.29, 0.717) is 18.6 Å². The van der Waals surface area contributed by atoms with Gasteiger partial charge in [-0.05, 0) is 49.8 Å². The molecule has 4 rings (SSSR count). The molecule has 7 nitrogen and oxygen atoms in total. The number of benzene rings is 1. The highest BCUT2D eigenvalue weighted by Crippen LogP contribution is 2.35. The highest BCUT2D eigenvalue weighted by molar-refractivity contribution is 5.98. The molecule has 2 amide bonds. The minimum absolute atomic E-state index is 0.128. The maximum atomic E-state index is 13.8. The van der Waals surface area contributed by atoms with E-state index in [1.54, 1.807) is 6.07 Å². The lowest BCUT2D eigenvalue weighted by atomic mass is 9.84. The summed E-state index contributed by atoms with van der Waals surface area (Å²) in [5, 5.41) is 2.78. The largest absolute Gasteiger partial charge is 0.370 e. The number of carbonyl (C=O) groups is 2. The fourth-order valence-corrected chi connectivity index (χ4v) is 4.35. The Balaban J connectivity index is 1.49. The zero-order valence-electron chi connectivity index (χ0n) is 17.6. The van der Waals surface area contributed by atoms with Gasteiger partial charge < -0.3 is 20.7 Å². The Hall–Kier alpha value is -2.10. The van der Waals surface area contributed by atoms with Crippen LogP contribution in [-0.4, -0.2) is 61.6 Å². The van der Waals surface area contributed by atoms with Gasteiger partial charge in [0.1, 0.15) is 12.6 Å². The third-order valence-electron chi connectivity index (χ3n) is 6.44. The van der Waals surface area contributed by atoms with Crippen LogP contribution in [0.15, 0.2) is 18.2 Å². The highest BCUT2D eigenvalue weighted by atomic mass is 19.3. The first-order valence-electron chi connectivity index (χ1n) is 11.0. The first-order valence-corrected chi connectivity index (χ1v) is 11.0. The second-order valence-corrected chi connectivity index (χ2v) is 8.64. The van der Waals surface area contributed by atoms with Crippen molar-refractivity contribution in [1.29, 1.82) is 0 Å². The van der Waals surface area contributed by atoms with Gasteiger partial charge in [0.05, 0.1) is 12.3 Å². The van der Waals surface area contributed by atoms with Crippen LogP contribution in [0, 0.1) is 5.92 Å². The molecule has 1 saturated heterocycles. The normalized spacial score (nSPS) is 20.8. The smallest absolute Gasteiger partial charge is 0.265 e. The van der Waals surface area contributed by atoms with Crippen molar-refractivity contribution in [3.63, 3.8) is 0 Å². The van der Waals surface area contributed by atoms with Crippen molar-refractivity contribution in [2.45, 2.75) is 50.6 Å². The molecule has 1 atom stereocenters. The van der Waals surface area contributed by atoms with Crippen molar-refractivity contribution in [2.75, 3.05) is 43.1 Å². The number of nitrogens with zero attached hydrogens (tertiary/aromatic N) is 2. The predicted molar refractivity (Wildman–Crippen MR) is 113 cm³/mol. The molecule has 0 bridgehead atoms. The Morgan fingerprint density at radius 3 is 2.65 bits per heavy atom. The third kappa shape index (κ3) is 5.05. The van der Waals surface area contributed by atoms with Crippen LogP contribution in [0.25, 0.3) is 0 Å². The molecule has 2 aliphatic carbocycles. The van der Waals surface area contributed by atoms with Crippen LogP contribution < -0.4 is 16.0 Å². The summed E-state index contributed by atoms with van der Waals surface area (Å²) in [6.45, 7) is 1.43. The zero-order valence-corrected chi connectivity index (χ0v) is 17.6. The summed E-state index contributed by atoms with van der Waals surface area (Å²) in [5.74, 6) is -0.0217. The average Bonchev–Trinajstić information content (AvgIpc) is 3.55. The van der Waals surface area contributed by atoms with Crippen LogP contribution in [0.2, 0.25) is 0 Å². The molecule has 0 unspecified atom stereocenters. The van der Waals surface area contributed by atoms with Gasteiger partial charge in [0.15, 0.2) is 0 Å². The number of carbonyl (C=O) groups excluding carboxylic acids is 2. The molecule has 9 heteroatoms. The van der Waals surface area contributed by atoms with E-state index in [0.717, 1.165) is 19.4 Å². The number of amides is 2. The van der Waals surface area contributed by atoms with E-state index in [1.807, 2.05) is 0 Å². The average molecular weight is 437 g/mol.